The minimum atomic E-state index is 0.241. The lowest BCUT2D eigenvalue weighted by atomic mass is 9.95. The predicted octanol–water partition coefficient (Wildman–Crippen LogP) is 2.21. The first kappa shape index (κ1) is 10.7. The lowest BCUT2D eigenvalue weighted by molar-refractivity contribution is 0.268. The molecular weight excluding hydrogens is 186 g/mol. The second kappa shape index (κ2) is 4.77. The average Bonchev–Trinajstić information content (AvgIpc) is 3.10. The van der Waals surface area contributed by atoms with Gasteiger partial charge in [-0.3, -0.25) is 0 Å². The Labute approximate surface area is 91.3 Å². The Morgan fingerprint density at radius 3 is 2.73 bits per heavy atom. The van der Waals surface area contributed by atoms with E-state index in [1.54, 1.807) is 0 Å². The second-order valence-corrected chi connectivity index (χ2v) is 4.26. The van der Waals surface area contributed by atoms with Gasteiger partial charge in [-0.05, 0) is 43.4 Å². The highest BCUT2D eigenvalue weighted by atomic mass is 16.3. The zero-order valence-electron chi connectivity index (χ0n) is 9.24. The minimum absolute atomic E-state index is 0.241. The van der Waals surface area contributed by atoms with Crippen LogP contribution in [0.2, 0.25) is 0 Å². The van der Waals surface area contributed by atoms with Crippen molar-refractivity contribution in [2.75, 3.05) is 13.7 Å². The molecule has 0 heterocycles. The van der Waals surface area contributed by atoms with Gasteiger partial charge in [-0.2, -0.15) is 0 Å². The van der Waals surface area contributed by atoms with Gasteiger partial charge in [-0.1, -0.05) is 24.3 Å². The molecular formula is C13H19NO. The molecule has 0 aromatic heterocycles. The van der Waals surface area contributed by atoms with Crippen LogP contribution in [0.4, 0.5) is 0 Å². The number of hydrogen-bond donors (Lipinski definition) is 2. The Balaban J connectivity index is 2.23. The van der Waals surface area contributed by atoms with Gasteiger partial charge >= 0.3 is 0 Å². The van der Waals surface area contributed by atoms with Crippen LogP contribution in [-0.2, 0) is 0 Å². The molecule has 1 aliphatic rings. The highest BCUT2D eigenvalue weighted by Crippen LogP contribution is 2.43. The van der Waals surface area contributed by atoms with Crippen molar-refractivity contribution >= 4 is 0 Å². The van der Waals surface area contributed by atoms with Gasteiger partial charge < -0.3 is 10.4 Å². The molecule has 1 aromatic rings. The summed E-state index contributed by atoms with van der Waals surface area (Å²) < 4.78 is 0. The average molecular weight is 205 g/mol. The summed E-state index contributed by atoms with van der Waals surface area (Å²) in [5.41, 5.74) is 2.85. The number of benzene rings is 1. The van der Waals surface area contributed by atoms with Gasteiger partial charge in [0.2, 0.25) is 0 Å². The molecule has 0 spiro atoms. The van der Waals surface area contributed by atoms with Crippen LogP contribution in [0, 0.1) is 0 Å². The van der Waals surface area contributed by atoms with Gasteiger partial charge in [0.1, 0.15) is 0 Å². The molecule has 0 saturated heterocycles. The summed E-state index contributed by atoms with van der Waals surface area (Å²) in [5.74, 6) is 0.774. The topological polar surface area (TPSA) is 32.3 Å². The van der Waals surface area contributed by atoms with Crippen molar-refractivity contribution in [2.45, 2.75) is 31.2 Å². The largest absolute Gasteiger partial charge is 0.396 e. The van der Waals surface area contributed by atoms with Crippen LogP contribution < -0.4 is 5.32 Å². The van der Waals surface area contributed by atoms with Crippen molar-refractivity contribution in [3.63, 3.8) is 0 Å². The molecule has 2 nitrogen and oxygen atoms in total. The molecule has 1 aliphatic carbocycles. The third-order valence-electron chi connectivity index (χ3n) is 3.15. The highest BCUT2D eigenvalue weighted by Gasteiger charge is 2.27. The van der Waals surface area contributed by atoms with E-state index in [1.165, 1.54) is 24.0 Å². The highest BCUT2D eigenvalue weighted by molar-refractivity contribution is 5.35. The van der Waals surface area contributed by atoms with Gasteiger partial charge in [-0.15, -0.1) is 0 Å². The molecule has 0 radical (unpaired) electrons. The standard InChI is InChI=1S/C13H19NO/c1-14-13(8-9-15)12-5-3-2-4-11(12)10-6-7-10/h2-5,10,13-15H,6-9H2,1H3. The van der Waals surface area contributed by atoms with Gasteiger partial charge in [0, 0.05) is 12.6 Å². The van der Waals surface area contributed by atoms with Crippen LogP contribution in [0.15, 0.2) is 24.3 Å². The molecule has 2 rings (SSSR count). The van der Waals surface area contributed by atoms with Crippen LogP contribution in [0.1, 0.15) is 42.3 Å². The van der Waals surface area contributed by atoms with E-state index in [4.69, 9.17) is 5.11 Å². The van der Waals surface area contributed by atoms with Crippen molar-refractivity contribution in [1.82, 2.24) is 5.32 Å². The maximum absolute atomic E-state index is 9.03. The van der Waals surface area contributed by atoms with E-state index in [0.29, 0.717) is 6.04 Å². The second-order valence-electron chi connectivity index (χ2n) is 4.26. The minimum Gasteiger partial charge on any atom is -0.396 e. The summed E-state index contributed by atoms with van der Waals surface area (Å²) in [4.78, 5) is 0. The molecule has 2 N–H and O–H groups in total. The normalized spacial score (nSPS) is 17.7. The van der Waals surface area contributed by atoms with Gasteiger partial charge in [-0.25, -0.2) is 0 Å². The van der Waals surface area contributed by atoms with Crippen LogP contribution in [-0.4, -0.2) is 18.8 Å². The fourth-order valence-corrected chi connectivity index (χ4v) is 2.18. The van der Waals surface area contributed by atoms with Crippen molar-refractivity contribution < 1.29 is 5.11 Å². The van der Waals surface area contributed by atoms with Crippen molar-refractivity contribution in [3.8, 4) is 0 Å². The molecule has 0 aliphatic heterocycles. The number of aliphatic hydroxyl groups is 1. The molecule has 15 heavy (non-hydrogen) atoms. The van der Waals surface area contributed by atoms with E-state index in [0.717, 1.165) is 12.3 Å². The van der Waals surface area contributed by atoms with E-state index >= 15 is 0 Å². The van der Waals surface area contributed by atoms with Gasteiger partial charge in [0.15, 0.2) is 0 Å². The third-order valence-corrected chi connectivity index (χ3v) is 3.15. The number of hydrogen-bond acceptors (Lipinski definition) is 2. The van der Waals surface area contributed by atoms with Crippen LogP contribution in [0.25, 0.3) is 0 Å². The SMILES string of the molecule is CNC(CCO)c1ccccc1C1CC1. The maximum Gasteiger partial charge on any atom is 0.0449 e. The van der Waals surface area contributed by atoms with Crippen molar-refractivity contribution in [1.29, 1.82) is 0 Å². The Bertz CT molecular complexity index is 320. The summed E-state index contributed by atoms with van der Waals surface area (Å²) in [5, 5.41) is 12.3. The zero-order valence-corrected chi connectivity index (χ0v) is 9.24. The van der Waals surface area contributed by atoms with Crippen LogP contribution in [0.3, 0.4) is 0 Å². The summed E-state index contributed by atoms with van der Waals surface area (Å²) in [7, 11) is 1.96. The molecule has 1 fully saturated rings. The van der Waals surface area contributed by atoms with E-state index in [2.05, 4.69) is 29.6 Å². The van der Waals surface area contributed by atoms with Gasteiger partial charge in [0.25, 0.3) is 0 Å². The number of rotatable bonds is 5. The Hall–Kier alpha value is -0.860. The molecule has 1 atom stereocenters. The third kappa shape index (κ3) is 2.39. The Morgan fingerprint density at radius 2 is 2.13 bits per heavy atom. The summed E-state index contributed by atoms with van der Waals surface area (Å²) in [6.07, 6.45) is 3.44. The summed E-state index contributed by atoms with van der Waals surface area (Å²) >= 11 is 0. The molecule has 1 unspecified atom stereocenters. The summed E-state index contributed by atoms with van der Waals surface area (Å²) in [6.45, 7) is 0.241. The maximum atomic E-state index is 9.03. The van der Waals surface area contributed by atoms with E-state index in [-0.39, 0.29) is 6.61 Å². The van der Waals surface area contributed by atoms with E-state index in [9.17, 15) is 0 Å². The molecule has 0 amide bonds. The Morgan fingerprint density at radius 1 is 1.40 bits per heavy atom. The lowest BCUT2D eigenvalue weighted by Crippen LogP contribution is -2.19. The molecule has 1 saturated carbocycles. The lowest BCUT2D eigenvalue weighted by Gasteiger charge is -2.19. The fourth-order valence-electron chi connectivity index (χ4n) is 2.18. The first-order chi connectivity index (χ1) is 7.36. The quantitative estimate of drug-likeness (QED) is 0.772. The van der Waals surface area contributed by atoms with E-state index in [1.807, 2.05) is 7.05 Å². The number of nitrogens with one attached hydrogen (secondary N) is 1. The number of aliphatic hydroxyl groups excluding tert-OH is 1. The molecule has 2 heteroatoms. The molecule has 0 bridgehead atoms. The first-order valence-corrected chi connectivity index (χ1v) is 5.73. The van der Waals surface area contributed by atoms with Crippen molar-refractivity contribution in [2.24, 2.45) is 0 Å². The van der Waals surface area contributed by atoms with Gasteiger partial charge in [0.05, 0.1) is 0 Å². The monoisotopic (exact) mass is 205 g/mol. The smallest absolute Gasteiger partial charge is 0.0449 e. The Kier molecular flexibility index (Phi) is 3.39. The molecule has 1 aromatic carbocycles. The predicted molar refractivity (Wildman–Crippen MR) is 61.9 cm³/mol. The van der Waals surface area contributed by atoms with E-state index < -0.39 is 0 Å². The zero-order chi connectivity index (χ0) is 10.7. The van der Waals surface area contributed by atoms with Crippen LogP contribution in [0.5, 0.6) is 0 Å². The molecule has 82 valence electrons. The fraction of sp³-hybridized carbons (Fsp3) is 0.538. The first-order valence-electron chi connectivity index (χ1n) is 5.73. The van der Waals surface area contributed by atoms with Crippen LogP contribution >= 0.6 is 0 Å². The van der Waals surface area contributed by atoms with Crippen molar-refractivity contribution in [3.05, 3.63) is 35.4 Å². The summed E-state index contributed by atoms with van der Waals surface area (Å²) in [6, 6.07) is 8.91.